The van der Waals surface area contributed by atoms with Crippen molar-refractivity contribution in [3.8, 4) is 0 Å². The predicted octanol–water partition coefficient (Wildman–Crippen LogP) is 2.68. The van der Waals surface area contributed by atoms with Gasteiger partial charge in [-0.3, -0.25) is 0 Å². The smallest absolute Gasteiger partial charge is 0.336 e. The number of carbonyl (C=O) groups excluding carboxylic acids is 1. The lowest BCUT2D eigenvalue weighted by molar-refractivity contribution is -0.147. The molecule has 1 saturated carbocycles. The van der Waals surface area contributed by atoms with E-state index in [1.165, 1.54) is 0 Å². The third-order valence-electron chi connectivity index (χ3n) is 3.65. The molecule has 0 saturated heterocycles. The number of ether oxygens (including phenoxy) is 1. The normalized spacial score (nSPS) is 25.4. The van der Waals surface area contributed by atoms with Crippen molar-refractivity contribution in [1.82, 2.24) is 0 Å². The van der Waals surface area contributed by atoms with Crippen molar-refractivity contribution in [2.24, 2.45) is 11.3 Å². The second-order valence-corrected chi connectivity index (χ2v) is 6.01. The molecule has 1 aliphatic carbocycles. The largest absolute Gasteiger partial charge is 0.459 e. The number of esters is 1. The summed E-state index contributed by atoms with van der Waals surface area (Å²) in [4.78, 5) is 11.4. The molecule has 3 nitrogen and oxygen atoms in total. The molecule has 0 bridgehead atoms. The van der Waals surface area contributed by atoms with Crippen molar-refractivity contribution < 1.29 is 14.6 Å². The van der Waals surface area contributed by atoms with Gasteiger partial charge in [-0.25, -0.2) is 4.79 Å². The van der Waals surface area contributed by atoms with Gasteiger partial charge in [0.2, 0.25) is 0 Å². The van der Waals surface area contributed by atoms with E-state index in [4.69, 9.17) is 9.84 Å². The van der Waals surface area contributed by atoms with Crippen LogP contribution in [-0.2, 0) is 9.53 Å². The lowest BCUT2D eigenvalue weighted by Gasteiger charge is -2.36. The highest BCUT2D eigenvalue weighted by Gasteiger charge is 2.31. The SMILES string of the molecule is C=C(CO)C(=O)OC1CCC(C(C)(C)C)CC1. The molecule has 0 spiro atoms. The van der Waals surface area contributed by atoms with Crippen LogP contribution in [0.3, 0.4) is 0 Å². The van der Waals surface area contributed by atoms with Gasteiger partial charge in [-0.15, -0.1) is 0 Å². The minimum absolute atomic E-state index is 0.00407. The summed E-state index contributed by atoms with van der Waals surface area (Å²) in [5.41, 5.74) is 0.479. The Kier molecular flexibility index (Phi) is 4.75. The first-order valence-electron chi connectivity index (χ1n) is 6.34. The zero-order valence-electron chi connectivity index (χ0n) is 11.2. The van der Waals surface area contributed by atoms with E-state index in [1.807, 2.05) is 0 Å². The molecule has 1 N–H and O–H groups in total. The second-order valence-electron chi connectivity index (χ2n) is 6.01. The van der Waals surface area contributed by atoms with Crippen LogP contribution in [0.1, 0.15) is 46.5 Å². The van der Waals surface area contributed by atoms with Crippen LogP contribution in [0.15, 0.2) is 12.2 Å². The van der Waals surface area contributed by atoms with Crippen molar-refractivity contribution in [3.05, 3.63) is 12.2 Å². The van der Waals surface area contributed by atoms with E-state index >= 15 is 0 Å². The van der Waals surface area contributed by atoms with Crippen LogP contribution in [0.2, 0.25) is 0 Å². The van der Waals surface area contributed by atoms with Gasteiger partial charge >= 0.3 is 5.97 Å². The molecule has 17 heavy (non-hydrogen) atoms. The van der Waals surface area contributed by atoms with Gasteiger partial charge in [0.15, 0.2) is 0 Å². The summed E-state index contributed by atoms with van der Waals surface area (Å²) in [6, 6.07) is 0. The van der Waals surface area contributed by atoms with Crippen LogP contribution in [0, 0.1) is 11.3 Å². The summed E-state index contributed by atoms with van der Waals surface area (Å²) in [5, 5.41) is 8.78. The summed E-state index contributed by atoms with van der Waals surface area (Å²) in [6.07, 6.45) is 4.06. The van der Waals surface area contributed by atoms with Crippen LogP contribution in [0.25, 0.3) is 0 Å². The summed E-state index contributed by atoms with van der Waals surface area (Å²) in [5.74, 6) is 0.255. The summed E-state index contributed by atoms with van der Waals surface area (Å²) in [7, 11) is 0. The van der Waals surface area contributed by atoms with Gasteiger partial charge in [-0.2, -0.15) is 0 Å². The fourth-order valence-electron chi connectivity index (χ4n) is 2.35. The topological polar surface area (TPSA) is 46.5 Å². The zero-order valence-corrected chi connectivity index (χ0v) is 11.2. The maximum Gasteiger partial charge on any atom is 0.336 e. The molecule has 0 aliphatic heterocycles. The molecule has 0 aromatic carbocycles. The van der Waals surface area contributed by atoms with E-state index in [0.717, 1.165) is 25.7 Å². The van der Waals surface area contributed by atoms with Gasteiger partial charge in [0.05, 0.1) is 12.2 Å². The van der Waals surface area contributed by atoms with Crippen LogP contribution >= 0.6 is 0 Å². The predicted molar refractivity (Wildman–Crippen MR) is 67.5 cm³/mol. The van der Waals surface area contributed by atoms with Gasteiger partial charge in [0, 0.05) is 0 Å². The van der Waals surface area contributed by atoms with E-state index in [0.29, 0.717) is 11.3 Å². The minimum Gasteiger partial charge on any atom is -0.459 e. The molecule has 0 atom stereocenters. The molecule has 1 aliphatic rings. The van der Waals surface area contributed by atoms with E-state index in [2.05, 4.69) is 27.4 Å². The number of aliphatic hydroxyl groups is 1. The Bertz CT molecular complexity index is 280. The fourth-order valence-corrected chi connectivity index (χ4v) is 2.35. The number of hydrogen-bond donors (Lipinski definition) is 1. The molecule has 98 valence electrons. The molecular formula is C14H24O3. The molecule has 0 heterocycles. The first kappa shape index (κ1) is 14.2. The Balaban J connectivity index is 2.38. The highest BCUT2D eigenvalue weighted by molar-refractivity contribution is 5.88. The van der Waals surface area contributed by atoms with Gasteiger partial charge in [0.25, 0.3) is 0 Å². The maximum atomic E-state index is 11.4. The first-order valence-corrected chi connectivity index (χ1v) is 6.34. The van der Waals surface area contributed by atoms with E-state index in [9.17, 15) is 4.79 Å². The van der Waals surface area contributed by atoms with Crippen LogP contribution in [0.4, 0.5) is 0 Å². The number of carbonyl (C=O) groups is 1. The Morgan fingerprint density at radius 3 is 2.24 bits per heavy atom. The van der Waals surface area contributed by atoms with Crippen molar-refractivity contribution >= 4 is 5.97 Å². The third-order valence-corrected chi connectivity index (χ3v) is 3.65. The lowest BCUT2D eigenvalue weighted by atomic mass is 9.72. The summed E-state index contributed by atoms with van der Waals surface area (Å²) < 4.78 is 5.31. The summed E-state index contributed by atoms with van der Waals surface area (Å²) >= 11 is 0. The van der Waals surface area contributed by atoms with E-state index < -0.39 is 5.97 Å². The molecule has 1 rings (SSSR count). The molecule has 0 unspecified atom stereocenters. The standard InChI is InChI=1S/C14H24O3/c1-10(9-15)13(16)17-12-7-5-11(6-8-12)14(2,3)4/h11-12,15H,1,5-9H2,2-4H3. The average molecular weight is 240 g/mol. The Labute approximate surface area is 104 Å². The molecule has 0 radical (unpaired) electrons. The molecular weight excluding hydrogens is 216 g/mol. The zero-order chi connectivity index (χ0) is 13.1. The monoisotopic (exact) mass is 240 g/mol. The Morgan fingerprint density at radius 1 is 1.29 bits per heavy atom. The molecule has 0 amide bonds. The van der Waals surface area contributed by atoms with Gasteiger partial charge < -0.3 is 9.84 Å². The van der Waals surface area contributed by atoms with E-state index in [1.54, 1.807) is 0 Å². The molecule has 0 aromatic heterocycles. The highest BCUT2D eigenvalue weighted by atomic mass is 16.5. The Hall–Kier alpha value is -0.830. The molecule has 3 heteroatoms. The number of hydrogen-bond acceptors (Lipinski definition) is 3. The highest BCUT2D eigenvalue weighted by Crippen LogP contribution is 2.38. The minimum atomic E-state index is -0.452. The van der Waals surface area contributed by atoms with Crippen molar-refractivity contribution in [2.75, 3.05) is 6.61 Å². The van der Waals surface area contributed by atoms with Crippen LogP contribution < -0.4 is 0 Å². The molecule has 1 fully saturated rings. The number of rotatable bonds is 3. The quantitative estimate of drug-likeness (QED) is 0.609. The van der Waals surface area contributed by atoms with Crippen molar-refractivity contribution in [2.45, 2.75) is 52.6 Å². The van der Waals surface area contributed by atoms with Gasteiger partial charge in [-0.05, 0) is 37.0 Å². The second kappa shape index (κ2) is 5.67. The first-order chi connectivity index (χ1) is 7.84. The van der Waals surface area contributed by atoms with Gasteiger partial charge in [0.1, 0.15) is 6.10 Å². The van der Waals surface area contributed by atoms with Gasteiger partial charge in [-0.1, -0.05) is 27.4 Å². The number of aliphatic hydroxyl groups excluding tert-OH is 1. The lowest BCUT2D eigenvalue weighted by Crippen LogP contribution is -2.30. The maximum absolute atomic E-state index is 11.4. The Morgan fingerprint density at radius 2 is 1.82 bits per heavy atom. The van der Waals surface area contributed by atoms with E-state index in [-0.39, 0.29) is 18.3 Å². The summed E-state index contributed by atoms with van der Waals surface area (Å²) in [6.45, 7) is 9.93. The van der Waals surface area contributed by atoms with Crippen molar-refractivity contribution in [3.63, 3.8) is 0 Å². The average Bonchev–Trinajstić information content (AvgIpc) is 2.27. The third kappa shape index (κ3) is 4.15. The van der Waals surface area contributed by atoms with Crippen LogP contribution in [0.5, 0.6) is 0 Å². The van der Waals surface area contributed by atoms with Crippen LogP contribution in [-0.4, -0.2) is 23.8 Å². The molecule has 0 aromatic rings. The fraction of sp³-hybridized carbons (Fsp3) is 0.786. The van der Waals surface area contributed by atoms with Crippen molar-refractivity contribution in [1.29, 1.82) is 0 Å².